The molecule has 2 amide bonds. The van der Waals surface area contributed by atoms with Crippen molar-refractivity contribution < 1.29 is 19.4 Å². The maximum absolute atomic E-state index is 11.5. The van der Waals surface area contributed by atoms with Crippen molar-refractivity contribution in [2.75, 3.05) is 0 Å². The van der Waals surface area contributed by atoms with E-state index in [0.29, 0.717) is 12.0 Å². The molecule has 0 spiro atoms. The number of amides is 2. The second-order valence-corrected chi connectivity index (χ2v) is 5.30. The lowest BCUT2D eigenvalue weighted by Crippen LogP contribution is -2.44. The van der Waals surface area contributed by atoms with Crippen LogP contribution in [0.4, 0.5) is 4.79 Å². The van der Waals surface area contributed by atoms with Gasteiger partial charge in [0.15, 0.2) is 0 Å². The van der Waals surface area contributed by atoms with Crippen LogP contribution in [0.25, 0.3) is 0 Å². The van der Waals surface area contributed by atoms with E-state index >= 15 is 0 Å². The van der Waals surface area contributed by atoms with Crippen molar-refractivity contribution in [1.29, 1.82) is 0 Å². The highest BCUT2D eigenvalue weighted by molar-refractivity contribution is 5.79. The van der Waals surface area contributed by atoms with Crippen LogP contribution in [0.2, 0.25) is 0 Å². The second kappa shape index (κ2) is 6.79. The molecule has 1 aromatic rings. The van der Waals surface area contributed by atoms with Crippen LogP contribution < -0.4 is 10.9 Å². The molecule has 20 heavy (non-hydrogen) atoms. The van der Waals surface area contributed by atoms with E-state index in [-0.39, 0.29) is 18.1 Å². The van der Waals surface area contributed by atoms with Crippen molar-refractivity contribution in [3.05, 3.63) is 29.8 Å². The molecule has 6 heteroatoms. The summed E-state index contributed by atoms with van der Waals surface area (Å²) in [5.74, 6) is -0.209. The fourth-order valence-electron chi connectivity index (χ4n) is 1.46. The molecular weight excluding hydrogens is 260 g/mol. The predicted molar refractivity (Wildman–Crippen MR) is 73.9 cm³/mol. The number of rotatable bonds is 3. The fourth-order valence-corrected chi connectivity index (χ4v) is 1.46. The molecule has 1 rings (SSSR count). The average Bonchev–Trinajstić information content (AvgIpc) is 2.33. The predicted octanol–water partition coefficient (Wildman–Crippen LogP) is 1.88. The lowest BCUT2D eigenvalue weighted by molar-refractivity contribution is -0.122. The Kier molecular flexibility index (Phi) is 5.37. The zero-order chi connectivity index (χ0) is 15.2. The van der Waals surface area contributed by atoms with E-state index in [1.54, 1.807) is 45.0 Å². The number of para-hydroxylation sites is 1. The van der Waals surface area contributed by atoms with E-state index in [1.165, 1.54) is 0 Å². The van der Waals surface area contributed by atoms with Gasteiger partial charge in [-0.2, -0.15) is 0 Å². The summed E-state index contributed by atoms with van der Waals surface area (Å²) in [6.07, 6.45) is -0.185. The molecule has 0 saturated heterocycles. The van der Waals surface area contributed by atoms with E-state index in [2.05, 4.69) is 10.9 Å². The molecule has 0 heterocycles. The number of carbonyl (C=O) groups is 2. The number of hydrogen-bond acceptors (Lipinski definition) is 4. The Morgan fingerprint density at radius 1 is 1.20 bits per heavy atom. The molecule has 0 aromatic heterocycles. The molecular formula is C14H20N2O4. The number of ether oxygens (including phenoxy) is 1. The molecule has 0 unspecified atom stereocenters. The first-order chi connectivity index (χ1) is 9.28. The van der Waals surface area contributed by atoms with E-state index in [1.807, 2.05) is 0 Å². The van der Waals surface area contributed by atoms with Gasteiger partial charge in [-0.1, -0.05) is 18.2 Å². The number of aromatic hydroxyl groups is 1. The molecule has 6 nitrogen and oxygen atoms in total. The third-order valence-electron chi connectivity index (χ3n) is 2.32. The van der Waals surface area contributed by atoms with Gasteiger partial charge in [0.1, 0.15) is 11.4 Å². The summed E-state index contributed by atoms with van der Waals surface area (Å²) in [6, 6.07) is 6.80. The molecule has 0 aliphatic rings. The van der Waals surface area contributed by atoms with Crippen LogP contribution >= 0.6 is 0 Å². The number of benzene rings is 1. The third kappa shape index (κ3) is 6.08. The largest absolute Gasteiger partial charge is 0.508 e. The van der Waals surface area contributed by atoms with E-state index in [4.69, 9.17) is 4.74 Å². The van der Waals surface area contributed by atoms with Crippen molar-refractivity contribution in [2.45, 2.75) is 39.2 Å². The Balaban J connectivity index is 2.31. The zero-order valence-electron chi connectivity index (χ0n) is 11.9. The quantitative estimate of drug-likeness (QED) is 0.738. The maximum Gasteiger partial charge on any atom is 0.426 e. The zero-order valence-corrected chi connectivity index (χ0v) is 11.9. The Bertz CT molecular complexity index is 480. The van der Waals surface area contributed by atoms with Gasteiger partial charge in [0.05, 0.1) is 0 Å². The van der Waals surface area contributed by atoms with E-state index in [0.717, 1.165) is 0 Å². The molecule has 0 atom stereocenters. The standard InChI is InChI=1S/C14H20N2O4/c1-14(2,3)20-13(19)16-15-12(18)9-8-10-6-4-5-7-11(10)17/h4-7,17H,8-9H2,1-3H3,(H,15,18)(H,16,19). The molecule has 0 aliphatic heterocycles. The second-order valence-electron chi connectivity index (χ2n) is 5.30. The lowest BCUT2D eigenvalue weighted by Gasteiger charge is -2.19. The van der Waals surface area contributed by atoms with Gasteiger partial charge in [0.2, 0.25) is 5.91 Å². The molecule has 3 N–H and O–H groups in total. The summed E-state index contributed by atoms with van der Waals surface area (Å²) < 4.78 is 4.97. The number of phenols is 1. The van der Waals surface area contributed by atoms with Gasteiger partial charge < -0.3 is 9.84 Å². The number of phenolic OH excluding ortho intramolecular Hbond substituents is 1. The van der Waals surface area contributed by atoms with E-state index in [9.17, 15) is 14.7 Å². The third-order valence-corrected chi connectivity index (χ3v) is 2.32. The summed E-state index contributed by atoms with van der Waals surface area (Å²) in [6.45, 7) is 5.19. The maximum atomic E-state index is 11.5. The Morgan fingerprint density at radius 3 is 2.45 bits per heavy atom. The van der Waals surface area contributed by atoms with Gasteiger partial charge in [-0.05, 0) is 38.8 Å². The van der Waals surface area contributed by atoms with Crippen molar-refractivity contribution in [2.24, 2.45) is 0 Å². The first-order valence-electron chi connectivity index (χ1n) is 6.32. The summed E-state index contributed by atoms with van der Waals surface area (Å²) in [5, 5.41) is 9.55. The van der Waals surface area contributed by atoms with Crippen LogP contribution in [0, 0.1) is 0 Å². The summed E-state index contributed by atoms with van der Waals surface area (Å²) >= 11 is 0. The van der Waals surface area contributed by atoms with Gasteiger partial charge in [0, 0.05) is 6.42 Å². The number of hydrogen-bond donors (Lipinski definition) is 3. The minimum Gasteiger partial charge on any atom is -0.508 e. The van der Waals surface area contributed by atoms with Crippen LogP contribution in [0.1, 0.15) is 32.8 Å². The lowest BCUT2D eigenvalue weighted by atomic mass is 10.1. The van der Waals surface area contributed by atoms with Crippen LogP contribution in [0.3, 0.4) is 0 Å². The topological polar surface area (TPSA) is 87.7 Å². The van der Waals surface area contributed by atoms with Gasteiger partial charge in [-0.25, -0.2) is 10.2 Å². The minimum atomic E-state index is -0.714. The van der Waals surface area contributed by atoms with Crippen LogP contribution in [-0.2, 0) is 16.0 Å². The first-order valence-corrected chi connectivity index (χ1v) is 6.32. The Morgan fingerprint density at radius 2 is 1.85 bits per heavy atom. The van der Waals surface area contributed by atoms with Crippen LogP contribution in [-0.4, -0.2) is 22.7 Å². The summed E-state index contributed by atoms with van der Waals surface area (Å²) in [4.78, 5) is 22.8. The number of hydrazine groups is 1. The number of aryl methyl sites for hydroxylation is 1. The molecule has 0 radical (unpaired) electrons. The van der Waals surface area contributed by atoms with Gasteiger partial charge in [-0.15, -0.1) is 0 Å². The summed E-state index contributed by atoms with van der Waals surface area (Å²) in [7, 11) is 0. The van der Waals surface area contributed by atoms with Crippen molar-refractivity contribution >= 4 is 12.0 Å². The van der Waals surface area contributed by atoms with Gasteiger partial charge in [0.25, 0.3) is 0 Å². The van der Waals surface area contributed by atoms with Crippen molar-refractivity contribution in [1.82, 2.24) is 10.9 Å². The average molecular weight is 280 g/mol. The van der Waals surface area contributed by atoms with Crippen LogP contribution in [0.5, 0.6) is 5.75 Å². The van der Waals surface area contributed by atoms with Crippen molar-refractivity contribution in [3.63, 3.8) is 0 Å². The molecule has 110 valence electrons. The normalized spacial score (nSPS) is 10.8. The highest BCUT2D eigenvalue weighted by Crippen LogP contribution is 2.16. The highest BCUT2D eigenvalue weighted by Gasteiger charge is 2.16. The molecule has 0 bridgehead atoms. The summed E-state index contributed by atoms with van der Waals surface area (Å²) in [5.41, 5.74) is 4.48. The molecule has 0 saturated carbocycles. The van der Waals surface area contributed by atoms with Crippen LogP contribution in [0.15, 0.2) is 24.3 Å². The molecule has 0 aliphatic carbocycles. The van der Waals surface area contributed by atoms with Gasteiger partial charge >= 0.3 is 6.09 Å². The highest BCUT2D eigenvalue weighted by atomic mass is 16.6. The fraction of sp³-hybridized carbons (Fsp3) is 0.429. The molecule has 1 aromatic carbocycles. The Labute approximate surface area is 118 Å². The molecule has 0 fully saturated rings. The van der Waals surface area contributed by atoms with Crippen molar-refractivity contribution in [3.8, 4) is 5.75 Å². The van der Waals surface area contributed by atoms with Gasteiger partial charge in [-0.3, -0.25) is 10.2 Å². The Hall–Kier alpha value is -2.24. The monoisotopic (exact) mass is 280 g/mol. The smallest absolute Gasteiger partial charge is 0.426 e. The minimum absolute atomic E-state index is 0.146. The SMILES string of the molecule is CC(C)(C)OC(=O)NNC(=O)CCc1ccccc1O. The first kappa shape index (κ1) is 15.8. The number of nitrogens with one attached hydrogen (secondary N) is 2. The number of carbonyl (C=O) groups excluding carboxylic acids is 2. The van der Waals surface area contributed by atoms with E-state index < -0.39 is 11.7 Å².